The molecule has 164 valence electrons. The molecule has 2 fully saturated rings. The van der Waals surface area contributed by atoms with E-state index in [0.29, 0.717) is 17.5 Å². The Kier molecular flexibility index (Phi) is 5.47. The normalized spacial score (nSPS) is 20.4. The molecule has 0 spiro atoms. The van der Waals surface area contributed by atoms with E-state index in [1.54, 1.807) is 18.0 Å². The number of aromatic nitrogens is 3. The van der Waals surface area contributed by atoms with Gasteiger partial charge in [-0.2, -0.15) is 0 Å². The molecule has 1 aromatic carbocycles. The maximum atomic E-state index is 13.2. The zero-order valence-electron chi connectivity index (χ0n) is 17.5. The molecule has 3 heterocycles. The van der Waals surface area contributed by atoms with Crippen molar-refractivity contribution in [2.75, 3.05) is 42.2 Å². The summed E-state index contributed by atoms with van der Waals surface area (Å²) in [5.41, 5.74) is 0.690. The van der Waals surface area contributed by atoms with Gasteiger partial charge < -0.3 is 19.9 Å². The number of amides is 2. The SMILES string of the molecule is CNC(=O)C1CN(C(=O)CSc2nnc(N3CCCC3)n2C2CC2)c2ccccc2O1. The number of hydrogen-bond acceptors (Lipinski definition) is 7. The second-order valence-corrected chi connectivity index (χ2v) is 9.00. The van der Waals surface area contributed by atoms with Crippen LogP contribution in [0.2, 0.25) is 0 Å². The minimum absolute atomic E-state index is 0.0808. The van der Waals surface area contributed by atoms with Crippen LogP contribution in [0, 0.1) is 0 Å². The van der Waals surface area contributed by atoms with E-state index in [-0.39, 0.29) is 24.1 Å². The van der Waals surface area contributed by atoms with Crippen LogP contribution in [0.5, 0.6) is 5.75 Å². The van der Waals surface area contributed by atoms with Crippen molar-refractivity contribution in [2.45, 2.75) is 43.0 Å². The van der Waals surface area contributed by atoms with Gasteiger partial charge >= 0.3 is 0 Å². The highest BCUT2D eigenvalue weighted by Gasteiger charge is 2.35. The van der Waals surface area contributed by atoms with E-state index >= 15 is 0 Å². The molecule has 9 nitrogen and oxygen atoms in total. The second kappa shape index (κ2) is 8.41. The number of anilines is 2. The van der Waals surface area contributed by atoms with Crippen LogP contribution < -0.4 is 19.9 Å². The van der Waals surface area contributed by atoms with Crippen molar-refractivity contribution in [3.05, 3.63) is 24.3 Å². The van der Waals surface area contributed by atoms with Crippen LogP contribution in [0.15, 0.2) is 29.4 Å². The number of nitrogens with zero attached hydrogens (tertiary/aromatic N) is 5. The van der Waals surface area contributed by atoms with Crippen molar-refractivity contribution in [3.8, 4) is 5.75 Å². The monoisotopic (exact) mass is 442 g/mol. The van der Waals surface area contributed by atoms with Crippen molar-refractivity contribution < 1.29 is 14.3 Å². The van der Waals surface area contributed by atoms with E-state index in [4.69, 9.17) is 4.74 Å². The lowest BCUT2D eigenvalue weighted by atomic mass is 10.2. The predicted octanol–water partition coefficient (Wildman–Crippen LogP) is 1.85. The minimum atomic E-state index is -0.731. The number of benzene rings is 1. The Balaban J connectivity index is 1.33. The van der Waals surface area contributed by atoms with E-state index in [1.807, 2.05) is 18.2 Å². The van der Waals surface area contributed by atoms with Crippen LogP contribution in [-0.4, -0.2) is 65.1 Å². The molecule has 10 heteroatoms. The molecule has 31 heavy (non-hydrogen) atoms. The van der Waals surface area contributed by atoms with Crippen LogP contribution in [-0.2, 0) is 9.59 Å². The summed E-state index contributed by atoms with van der Waals surface area (Å²) in [6.07, 6.45) is 3.89. The minimum Gasteiger partial charge on any atom is -0.477 e. The van der Waals surface area contributed by atoms with Gasteiger partial charge in [0.2, 0.25) is 11.9 Å². The number of para-hydroxylation sites is 2. The Morgan fingerprint density at radius 2 is 1.97 bits per heavy atom. The summed E-state index contributed by atoms with van der Waals surface area (Å²) in [5, 5.41) is 12.3. The first-order valence-electron chi connectivity index (χ1n) is 10.8. The number of fused-ring (bicyclic) bond motifs is 1. The average molecular weight is 443 g/mol. The highest BCUT2D eigenvalue weighted by Crippen LogP contribution is 2.41. The van der Waals surface area contributed by atoms with Crippen LogP contribution in [0.25, 0.3) is 0 Å². The van der Waals surface area contributed by atoms with Crippen molar-refractivity contribution in [2.24, 2.45) is 0 Å². The lowest BCUT2D eigenvalue weighted by Crippen LogP contribution is -2.50. The quantitative estimate of drug-likeness (QED) is 0.683. The fourth-order valence-electron chi connectivity index (χ4n) is 4.13. The summed E-state index contributed by atoms with van der Waals surface area (Å²) < 4.78 is 8.01. The molecule has 2 amide bonds. The lowest BCUT2D eigenvalue weighted by molar-refractivity contribution is -0.127. The molecule has 5 rings (SSSR count). The van der Waals surface area contributed by atoms with Gasteiger partial charge in [-0.05, 0) is 37.8 Å². The number of thioether (sulfide) groups is 1. The molecule has 3 aliphatic rings. The van der Waals surface area contributed by atoms with Gasteiger partial charge in [0.15, 0.2) is 11.3 Å². The van der Waals surface area contributed by atoms with Crippen molar-refractivity contribution >= 4 is 35.2 Å². The average Bonchev–Trinajstić information content (AvgIpc) is 3.32. The summed E-state index contributed by atoms with van der Waals surface area (Å²) in [7, 11) is 1.57. The topological polar surface area (TPSA) is 92.6 Å². The number of carbonyl (C=O) groups is 2. The molecule has 1 N–H and O–H groups in total. The molecule has 1 aromatic heterocycles. The van der Waals surface area contributed by atoms with Gasteiger partial charge in [-0.1, -0.05) is 23.9 Å². The molecular weight excluding hydrogens is 416 g/mol. The van der Waals surface area contributed by atoms with E-state index < -0.39 is 6.10 Å². The third-order valence-electron chi connectivity index (χ3n) is 5.89. The third-order valence-corrected chi connectivity index (χ3v) is 6.81. The number of hydrogen-bond donors (Lipinski definition) is 1. The molecule has 1 saturated carbocycles. The lowest BCUT2D eigenvalue weighted by Gasteiger charge is -2.34. The first kappa shape index (κ1) is 20.2. The number of rotatable bonds is 6. The smallest absolute Gasteiger partial charge is 0.262 e. The molecule has 1 unspecified atom stereocenters. The van der Waals surface area contributed by atoms with Crippen LogP contribution in [0.4, 0.5) is 11.6 Å². The molecule has 1 saturated heterocycles. The molecule has 0 bridgehead atoms. The standard InChI is InChI=1S/C21H26N6O3S/c1-22-19(29)17-12-26(15-6-2-3-7-16(15)30-17)18(28)13-31-21-24-23-20(25-10-4-5-11-25)27(21)14-8-9-14/h2-3,6-7,14,17H,4-5,8-13H2,1H3,(H,22,29). The predicted molar refractivity (Wildman–Crippen MR) is 118 cm³/mol. The molecular formula is C21H26N6O3S. The van der Waals surface area contributed by atoms with Crippen LogP contribution in [0.1, 0.15) is 31.7 Å². The van der Waals surface area contributed by atoms with E-state index in [2.05, 4.69) is 25.0 Å². The summed E-state index contributed by atoms with van der Waals surface area (Å²) in [4.78, 5) is 29.3. The highest BCUT2D eigenvalue weighted by molar-refractivity contribution is 7.99. The van der Waals surface area contributed by atoms with E-state index in [1.165, 1.54) is 24.6 Å². The van der Waals surface area contributed by atoms with Crippen molar-refractivity contribution in [1.29, 1.82) is 0 Å². The maximum Gasteiger partial charge on any atom is 0.262 e. The summed E-state index contributed by atoms with van der Waals surface area (Å²) >= 11 is 1.42. The second-order valence-electron chi connectivity index (χ2n) is 8.06. The summed E-state index contributed by atoms with van der Waals surface area (Å²) in [6, 6.07) is 7.76. The zero-order valence-corrected chi connectivity index (χ0v) is 18.3. The molecule has 2 aromatic rings. The van der Waals surface area contributed by atoms with Gasteiger partial charge in [-0.15, -0.1) is 10.2 Å². The van der Waals surface area contributed by atoms with E-state index in [0.717, 1.165) is 37.0 Å². The summed E-state index contributed by atoms with van der Waals surface area (Å²) in [5.74, 6) is 1.37. The molecule has 2 aliphatic heterocycles. The Bertz CT molecular complexity index is 985. The van der Waals surface area contributed by atoms with Gasteiger partial charge in [0.25, 0.3) is 5.91 Å². The Hall–Kier alpha value is -2.75. The van der Waals surface area contributed by atoms with Crippen LogP contribution in [0.3, 0.4) is 0 Å². The largest absolute Gasteiger partial charge is 0.477 e. The van der Waals surface area contributed by atoms with Gasteiger partial charge in [0.05, 0.1) is 18.0 Å². The van der Waals surface area contributed by atoms with Crippen molar-refractivity contribution in [3.63, 3.8) is 0 Å². The Morgan fingerprint density at radius 1 is 1.19 bits per heavy atom. The van der Waals surface area contributed by atoms with Crippen LogP contribution >= 0.6 is 11.8 Å². The van der Waals surface area contributed by atoms with Gasteiger partial charge in [0.1, 0.15) is 5.75 Å². The molecule has 1 atom stereocenters. The first-order valence-corrected chi connectivity index (χ1v) is 11.7. The van der Waals surface area contributed by atoms with Gasteiger partial charge in [-0.25, -0.2) is 0 Å². The highest BCUT2D eigenvalue weighted by atomic mass is 32.2. The number of ether oxygens (including phenoxy) is 1. The van der Waals surface area contributed by atoms with E-state index in [9.17, 15) is 9.59 Å². The number of likely N-dealkylation sites (N-methyl/N-ethyl adjacent to an activating group) is 1. The molecule has 1 aliphatic carbocycles. The first-order chi connectivity index (χ1) is 15.2. The van der Waals surface area contributed by atoms with Gasteiger partial charge in [0, 0.05) is 26.2 Å². The fourth-order valence-corrected chi connectivity index (χ4v) is 5.00. The maximum absolute atomic E-state index is 13.2. The fraction of sp³-hybridized carbons (Fsp3) is 0.524. The third kappa shape index (κ3) is 3.96. The molecule has 0 radical (unpaired) electrons. The Morgan fingerprint density at radius 3 is 2.71 bits per heavy atom. The Labute approximate surface area is 185 Å². The summed E-state index contributed by atoms with van der Waals surface area (Å²) in [6.45, 7) is 2.21. The zero-order chi connectivity index (χ0) is 21.4. The van der Waals surface area contributed by atoms with Crippen molar-refractivity contribution in [1.82, 2.24) is 20.1 Å². The number of carbonyl (C=O) groups excluding carboxylic acids is 2. The van der Waals surface area contributed by atoms with Gasteiger partial charge in [-0.3, -0.25) is 14.2 Å². The number of nitrogens with one attached hydrogen (secondary N) is 1.